The Labute approximate surface area is 538 Å². The molecule has 4 N–H and O–H groups in total. The van der Waals surface area contributed by atoms with Gasteiger partial charge in [-0.25, -0.2) is 49.3 Å². The Hall–Kier alpha value is -9.44. The highest BCUT2D eigenvalue weighted by molar-refractivity contribution is 7.91. The number of nitrogens with two attached hydrogens (primary N) is 2. The molecule has 21 heteroatoms. The first-order valence-electron chi connectivity index (χ1n) is 29.9. The minimum Gasteiger partial charge on any atom is -0.384 e. The number of hydrogen-bond acceptors (Lipinski definition) is 15. The van der Waals surface area contributed by atoms with E-state index >= 15 is 0 Å². The van der Waals surface area contributed by atoms with E-state index in [4.69, 9.17) is 11.5 Å². The number of aromatic nitrogens is 10. The zero-order chi connectivity index (χ0) is 66.3. The lowest BCUT2D eigenvalue weighted by Crippen LogP contribution is -2.13. The molecule has 0 aliphatic rings. The molecule has 0 aliphatic heterocycles. The number of fused-ring (bicyclic) bond motifs is 3. The molecule has 0 fully saturated rings. The molecule has 0 bridgehead atoms. The Kier molecular flexibility index (Phi) is 18.0. The summed E-state index contributed by atoms with van der Waals surface area (Å²) in [4.78, 5) is 9.42. The lowest BCUT2D eigenvalue weighted by Gasteiger charge is -2.19. The van der Waals surface area contributed by atoms with E-state index in [1.165, 1.54) is 0 Å². The summed E-state index contributed by atoms with van der Waals surface area (Å²) in [5, 5.41) is 26.3. The van der Waals surface area contributed by atoms with Crippen LogP contribution in [0.25, 0.3) is 49.6 Å². The van der Waals surface area contributed by atoms with Crippen LogP contribution in [0.1, 0.15) is 113 Å². The van der Waals surface area contributed by atoms with E-state index in [0.29, 0.717) is 49.2 Å². The minimum atomic E-state index is -3.56. The zero-order valence-corrected chi connectivity index (χ0v) is 56.2. The van der Waals surface area contributed by atoms with Crippen molar-refractivity contribution in [3.8, 4) is 17.2 Å². The number of pyridine rings is 2. The monoisotopic (exact) mass is 1290 g/mol. The van der Waals surface area contributed by atoms with Crippen molar-refractivity contribution in [1.82, 2.24) is 49.5 Å². The smallest absolute Gasteiger partial charge is 0.184 e. The molecule has 6 aromatic heterocycles. The molecule has 18 nitrogen and oxygen atoms in total. The lowest BCUT2D eigenvalue weighted by atomic mass is 9.87. The highest BCUT2D eigenvalue weighted by atomic mass is 32.2. The third-order valence-corrected chi connectivity index (χ3v) is 20.7. The number of hydrogen-bond donors (Lipinski definition) is 2. The molecule has 0 amide bonds. The SMILES string of the molecule is Cc1cc(CS(=O)(=O)c2ccc(C(C)(C)C)cc2)n(-c2cccc3c(N)nccc23)n1.Cc1cc(CS(=O)(=O)c2ccc(C(C)(C)C)cc2)n(-c2cccc3nc(N)ccc23)n1.Cc1cc(CS(=O)(=O)c2ccc(C(C)(C)C)cc2)n(-c2nncc3ccccc23)n1. The van der Waals surface area contributed by atoms with Crippen LogP contribution in [0.4, 0.5) is 11.6 Å². The lowest BCUT2D eigenvalue weighted by molar-refractivity contribution is 0.585. The van der Waals surface area contributed by atoms with Crippen molar-refractivity contribution in [2.24, 2.45) is 0 Å². The van der Waals surface area contributed by atoms with Gasteiger partial charge in [0.1, 0.15) is 11.6 Å². The quantitative estimate of drug-likeness (QED) is 0.115. The standard InChI is InChI=1S/2C24H26N4O2S.C23H24N4O2S/c1-16-14-18(15-31(29,30)19-10-8-17(9-11-19)24(2,3)4)28(27-16)22-7-5-6-21-20(22)12-13-26-23(21)25;1-16-14-18(15-31(29,30)19-10-8-17(9-11-19)24(2,3)4)28(27-16)22-7-5-6-21-20(22)12-13-23(25)26-21;1-16-13-19(15-30(28,29)20-11-9-18(10-12-20)23(2,3)4)27(26-16)22-21-8-6-5-7-17(21)14-24-25-22/h2*5-14H,15H2,1-4H3,(H2,25,26);5-14H,15H2,1-4H3. The second kappa shape index (κ2) is 25.3. The molecule has 0 spiro atoms. The highest BCUT2D eigenvalue weighted by Gasteiger charge is 2.26. The van der Waals surface area contributed by atoms with Gasteiger partial charge in [0.15, 0.2) is 35.3 Å². The average Bonchev–Trinajstić information content (AvgIpc) is 1.52. The van der Waals surface area contributed by atoms with Crippen molar-refractivity contribution in [3.05, 3.63) is 233 Å². The van der Waals surface area contributed by atoms with Gasteiger partial charge in [-0.15, -0.1) is 5.10 Å². The summed E-state index contributed by atoms with van der Waals surface area (Å²) in [5.74, 6) is 0.906. The second-order valence-corrected chi connectivity index (χ2v) is 32.0. The number of nitrogen functional groups attached to an aromatic ring is 2. The van der Waals surface area contributed by atoms with Gasteiger partial charge in [0.2, 0.25) is 0 Å². The average molecular weight is 1290 g/mol. The molecule has 0 saturated heterocycles. The van der Waals surface area contributed by atoms with Crippen LogP contribution in [0.2, 0.25) is 0 Å². The largest absolute Gasteiger partial charge is 0.384 e. The molecule has 6 heterocycles. The van der Waals surface area contributed by atoms with Crippen LogP contribution in [0.3, 0.4) is 0 Å². The Morgan fingerprint density at radius 2 is 0.837 bits per heavy atom. The van der Waals surface area contributed by atoms with Gasteiger partial charge in [0.25, 0.3) is 0 Å². The summed E-state index contributed by atoms with van der Waals surface area (Å²) >= 11 is 0. The fourth-order valence-corrected chi connectivity index (χ4v) is 14.7. The fourth-order valence-electron chi connectivity index (χ4n) is 10.8. The van der Waals surface area contributed by atoms with E-state index in [1.807, 2.05) is 142 Å². The normalized spacial score (nSPS) is 12.4. The number of benzene rings is 6. The van der Waals surface area contributed by atoms with Crippen LogP contribution in [0, 0.1) is 20.8 Å². The maximum Gasteiger partial charge on any atom is 0.184 e. The van der Waals surface area contributed by atoms with Crippen molar-refractivity contribution in [2.45, 2.75) is 131 Å². The molecule has 12 rings (SSSR count). The van der Waals surface area contributed by atoms with Gasteiger partial charge in [0, 0.05) is 33.1 Å². The third-order valence-electron chi connectivity index (χ3n) is 15.7. The van der Waals surface area contributed by atoms with E-state index < -0.39 is 29.5 Å². The van der Waals surface area contributed by atoms with E-state index in [2.05, 4.69) is 97.8 Å². The zero-order valence-electron chi connectivity index (χ0n) is 53.7. The summed E-state index contributed by atoms with van der Waals surface area (Å²) in [6.07, 6.45) is 3.33. The van der Waals surface area contributed by atoms with Gasteiger partial charge in [-0.3, -0.25) is 0 Å². The number of sulfone groups is 3. The van der Waals surface area contributed by atoms with Crippen LogP contribution < -0.4 is 11.5 Å². The summed E-state index contributed by atoms with van der Waals surface area (Å²) in [6, 6.07) is 51.3. The Morgan fingerprint density at radius 1 is 0.424 bits per heavy atom. The van der Waals surface area contributed by atoms with Gasteiger partial charge in [0.05, 0.1) is 89.2 Å². The number of rotatable bonds is 12. The molecule has 0 radical (unpaired) electrons. The molecule has 0 unspecified atom stereocenters. The van der Waals surface area contributed by atoms with Gasteiger partial charge in [-0.2, -0.15) is 20.4 Å². The minimum absolute atomic E-state index is 0.0366. The first-order chi connectivity index (χ1) is 43.3. The van der Waals surface area contributed by atoms with Crippen molar-refractivity contribution >= 4 is 73.6 Å². The Morgan fingerprint density at radius 3 is 1.30 bits per heavy atom. The molecule has 0 atom stereocenters. The van der Waals surface area contributed by atoms with E-state index in [1.54, 1.807) is 75.0 Å². The topological polar surface area (TPSA) is 259 Å². The van der Waals surface area contributed by atoms with Crippen molar-refractivity contribution in [1.29, 1.82) is 0 Å². The van der Waals surface area contributed by atoms with Gasteiger partial charge >= 0.3 is 0 Å². The van der Waals surface area contributed by atoms with E-state index in [-0.39, 0.29) is 33.5 Å². The summed E-state index contributed by atoms with van der Waals surface area (Å²) in [6.45, 7) is 24.5. The first kappa shape index (κ1) is 65.5. The molecular weight excluding hydrogens is 1210 g/mol. The van der Waals surface area contributed by atoms with Crippen LogP contribution in [0.5, 0.6) is 0 Å². The van der Waals surface area contributed by atoms with Crippen LogP contribution in [-0.4, -0.2) is 74.8 Å². The van der Waals surface area contributed by atoms with Crippen LogP contribution in [0.15, 0.2) is 197 Å². The van der Waals surface area contributed by atoms with Gasteiger partial charge in [-0.1, -0.05) is 141 Å². The number of anilines is 2. The van der Waals surface area contributed by atoms with Gasteiger partial charge < -0.3 is 11.5 Å². The predicted octanol–water partition coefficient (Wildman–Crippen LogP) is 13.6. The van der Waals surface area contributed by atoms with Crippen molar-refractivity contribution in [2.75, 3.05) is 11.5 Å². The van der Waals surface area contributed by atoms with Crippen molar-refractivity contribution in [3.63, 3.8) is 0 Å². The molecule has 474 valence electrons. The van der Waals surface area contributed by atoms with Crippen LogP contribution in [-0.2, 0) is 63.0 Å². The molecule has 0 saturated carbocycles. The summed E-state index contributed by atoms with van der Waals surface area (Å²) < 4.78 is 84.0. The van der Waals surface area contributed by atoms with Crippen molar-refractivity contribution < 1.29 is 25.3 Å². The summed E-state index contributed by atoms with van der Waals surface area (Å²) in [5.41, 5.74) is 21.2. The fraction of sp³-hybridized carbons (Fsp3) is 0.254. The van der Waals surface area contributed by atoms with E-state index in [0.717, 1.165) is 77.6 Å². The maximum atomic E-state index is 13.2. The maximum absolute atomic E-state index is 13.2. The Bertz CT molecular complexity index is 5060. The second-order valence-electron chi connectivity index (χ2n) is 26.1. The number of nitrogens with zero attached hydrogens (tertiary/aromatic N) is 10. The predicted molar refractivity (Wildman–Crippen MR) is 366 cm³/mol. The third kappa shape index (κ3) is 14.5. The highest BCUT2D eigenvalue weighted by Crippen LogP contribution is 2.32. The molecule has 6 aromatic carbocycles. The number of aryl methyl sites for hydroxylation is 3. The van der Waals surface area contributed by atoms with Crippen LogP contribution >= 0.6 is 0 Å². The van der Waals surface area contributed by atoms with Gasteiger partial charge in [-0.05, 0) is 145 Å². The molecule has 92 heavy (non-hydrogen) atoms. The molecular formula is C71H76N12O6S3. The molecule has 12 aromatic rings. The van der Waals surface area contributed by atoms with E-state index in [9.17, 15) is 25.3 Å². The molecule has 0 aliphatic carbocycles. The first-order valence-corrected chi connectivity index (χ1v) is 34.9. The summed E-state index contributed by atoms with van der Waals surface area (Å²) in [7, 11) is -10.7. The Balaban J connectivity index is 0.000000151.